The predicted octanol–water partition coefficient (Wildman–Crippen LogP) is 1.53. The molecule has 0 spiro atoms. The molecule has 0 saturated carbocycles. The first-order valence-corrected chi connectivity index (χ1v) is 4.29. The van der Waals surface area contributed by atoms with E-state index >= 15 is 0 Å². The van der Waals surface area contributed by atoms with Gasteiger partial charge in [-0.05, 0) is 12.8 Å². The summed E-state index contributed by atoms with van der Waals surface area (Å²) in [5.41, 5.74) is 5.52. The molecule has 0 amide bonds. The summed E-state index contributed by atoms with van der Waals surface area (Å²) >= 11 is 0. The number of carboxylic acid groups (broad SMARTS) is 1. The Morgan fingerprint density at radius 3 is 2.75 bits per heavy atom. The van der Waals surface area contributed by atoms with Crippen molar-refractivity contribution in [3.05, 3.63) is 12.2 Å². The maximum Gasteiger partial charge on any atom is 0.304 e. The molecule has 3 nitrogen and oxygen atoms in total. The normalized spacial score (nSPS) is 13.5. The Balaban J connectivity index is 3.42. The van der Waals surface area contributed by atoms with Gasteiger partial charge in [0.1, 0.15) is 0 Å². The van der Waals surface area contributed by atoms with Crippen LogP contribution < -0.4 is 5.73 Å². The van der Waals surface area contributed by atoms with Gasteiger partial charge in [0.15, 0.2) is 0 Å². The van der Waals surface area contributed by atoms with E-state index in [0.717, 1.165) is 12.8 Å². The molecule has 0 radical (unpaired) electrons. The molecule has 0 bridgehead atoms. The molecular weight excluding hydrogens is 154 g/mol. The summed E-state index contributed by atoms with van der Waals surface area (Å²) < 4.78 is 0. The van der Waals surface area contributed by atoms with Crippen molar-refractivity contribution in [2.24, 2.45) is 5.73 Å². The Bertz CT molecular complexity index is 155. The predicted molar refractivity (Wildman–Crippen MR) is 48.9 cm³/mol. The molecule has 0 aromatic rings. The Morgan fingerprint density at radius 1 is 1.58 bits per heavy atom. The van der Waals surface area contributed by atoms with Crippen LogP contribution in [-0.2, 0) is 4.79 Å². The van der Waals surface area contributed by atoms with E-state index in [1.165, 1.54) is 0 Å². The molecule has 0 aliphatic carbocycles. The van der Waals surface area contributed by atoms with Crippen molar-refractivity contribution >= 4 is 5.97 Å². The van der Waals surface area contributed by atoms with Crippen molar-refractivity contribution in [2.75, 3.05) is 0 Å². The zero-order valence-corrected chi connectivity index (χ0v) is 7.49. The fourth-order valence-corrected chi connectivity index (χ4v) is 0.863. The summed E-state index contributed by atoms with van der Waals surface area (Å²) in [5, 5.41) is 8.38. The molecule has 3 N–H and O–H groups in total. The molecular formula is C9H17NO2. The minimum absolute atomic E-state index is 0.0520. The second-order valence-electron chi connectivity index (χ2n) is 2.85. The quantitative estimate of drug-likeness (QED) is 0.596. The van der Waals surface area contributed by atoms with Crippen LogP contribution >= 0.6 is 0 Å². The standard InChI is InChI=1S/C9H17NO2/c1-2-3-4-5-6-8(10)7-9(11)12/h4-5,8H,2-3,6-7,10H2,1H3,(H,11,12)/b5-4-/t8-/m1/s1. The molecule has 0 aromatic heterocycles. The van der Waals surface area contributed by atoms with Gasteiger partial charge in [0, 0.05) is 6.04 Å². The molecule has 0 aromatic carbocycles. The van der Waals surface area contributed by atoms with Crippen molar-refractivity contribution in [2.45, 2.75) is 38.6 Å². The fourth-order valence-electron chi connectivity index (χ4n) is 0.863. The molecule has 0 saturated heterocycles. The third kappa shape index (κ3) is 7.28. The zero-order chi connectivity index (χ0) is 9.40. The monoisotopic (exact) mass is 171 g/mol. The highest BCUT2D eigenvalue weighted by Crippen LogP contribution is 1.97. The number of carboxylic acids is 1. The number of hydrogen-bond acceptors (Lipinski definition) is 2. The van der Waals surface area contributed by atoms with E-state index in [1.54, 1.807) is 0 Å². The highest BCUT2D eigenvalue weighted by molar-refractivity contribution is 5.67. The molecule has 0 heterocycles. The van der Waals surface area contributed by atoms with Crippen molar-refractivity contribution in [3.8, 4) is 0 Å². The summed E-state index contributed by atoms with van der Waals surface area (Å²) in [6.45, 7) is 2.10. The van der Waals surface area contributed by atoms with Gasteiger partial charge in [0.05, 0.1) is 6.42 Å². The van der Waals surface area contributed by atoms with Crippen LogP contribution in [-0.4, -0.2) is 17.1 Å². The number of nitrogens with two attached hydrogens (primary N) is 1. The molecule has 70 valence electrons. The zero-order valence-electron chi connectivity index (χ0n) is 7.49. The molecule has 0 fully saturated rings. The largest absolute Gasteiger partial charge is 0.481 e. The van der Waals surface area contributed by atoms with E-state index in [0.29, 0.717) is 6.42 Å². The second-order valence-corrected chi connectivity index (χ2v) is 2.85. The van der Waals surface area contributed by atoms with Crippen molar-refractivity contribution in [3.63, 3.8) is 0 Å². The van der Waals surface area contributed by atoms with Gasteiger partial charge in [0.2, 0.25) is 0 Å². The van der Waals surface area contributed by atoms with E-state index < -0.39 is 5.97 Å². The molecule has 12 heavy (non-hydrogen) atoms. The van der Waals surface area contributed by atoms with Crippen LogP contribution in [0.25, 0.3) is 0 Å². The van der Waals surface area contributed by atoms with Crippen LogP contribution in [0.5, 0.6) is 0 Å². The Morgan fingerprint density at radius 2 is 2.25 bits per heavy atom. The van der Waals surface area contributed by atoms with Crippen molar-refractivity contribution in [1.29, 1.82) is 0 Å². The van der Waals surface area contributed by atoms with Crippen LogP contribution in [0.1, 0.15) is 32.6 Å². The topological polar surface area (TPSA) is 63.3 Å². The number of hydrogen-bond donors (Lipinski definition) is 2. The van der Waals surface area contributed by atoms with Gasteiger partial charge in [-0.1, -0.05) is 25.5 Å². The minimum atomic E-state index is -0.827. The van der Waals surface area contributed by atoms with Crippen LogP contribution in [0.4, 0.5) is 0 Å². The number of carbonyl (C=O) groups is 1. The first-order valence-electron chi connectivity index (χ1n) is 4.29. The second kappa shape index (κ2) is 6.85. The first kappa shape index (κ1) is 11.2. The van der Waals surface area contributed by atoms with Crippen molar-refractivity contribution in [1.82, 2.24) is 0 Å². The molecule has 0 aliphatic heterocycles. The van der Waals surface area contributed by atoms with Crippen LogP contribution in [0.3, 0.4) is 0 Å². The van der Waals surface area contributed by atoms with Gasteiger partial charge < -0.3 is 10.8 Å². The molecule has 0 aliphatic rings. The van der Waals surface area contributed by atoms with Gasteiger partial charge in [-0.25, -0.2) is 0 Å². The van der Waals surface area contributed by atoms with Gasteiger partial charge >= 0.3 is 5.97 Å². The van der Waals surface area contributed by atoms with Crippen molar-refractivity contribution < 1.29 is 9.90 Å². The van der Waals surface area contributed by atoms with E-state index in [2.05, 4.69) is 6.92 Å². The average Bonchev–Trinajstić information content (AvgIpc) is 1.97. The van der Waals surface area contributed by atoms with Gasteiger partial charge in [0.25, 0.3) is 0 Å². The Kier molecular flexibility index (Phi) is 6.38. The smallest absolute Gasteiger partial charge is 0.304 e. The maximum atomic E-state index is 10.2. The number of aliphatic carboxylic acids is 1. The summed E-state index contributed by atoms with van der Waals surface area (Å²) in [5.74, 6) is -0.827. The van der Waals surface area contributed by atoms with Gasteiger partial charge in [-0.15, -0.1) is 0 Å². The number of unbranched alkanes of at least 4 members (excludes halogenated alkanes) is 1. The minimum Gasteiger partial charge on any atom is -0.481 e. The summed E-state index contributed by atoms with van der Waals surface area (Å²) in [6, 6.07) is -0.240. The third-order valence-corrected chi connectivity index (χ3v) is 1.50. The molecule has 1 atom stereocenters. The van der Waals surface area contributed by atoms with Crippen LogP contribution in [0.2, 0.25) is 0 Å². The molecule has 3 heteroatoms. The van der Waals surface area contributed by atoms with Crippen LogP contribution in [0.15, 0.2) is 12.2 Å². The van der Waals surface area contributed by atoms with Gasteiger partial charge in [-0.3, -0.25) is 4.79 Å². The van der Waals surface area contributed by atoms with Gasteiger partial charge in [-0.2, -0.15) is 0 Å². The molecule has 0 rings (SSSR count). The lowest BCUT2D eigenvalue weighted by molar-refractivity contribution is -0.137. The number of allylic oxidation sites excluding steroid dienone is 1. The lowest BCUT2D eigenvalue weighted by Gasteiger charge is -2.03. The Hall–Kier alpha value is -0.830. The first-order chi connectivity index (χ1) is 5.66. The number of rotatable bonds is 6. The highest BCUT2D eigenvalue weighted by atomic mass is 16.4. The van der Waals surface area contributed by atoms with E-state index in [1.807, 2.05) is 12.2 Å². The summed E-state index contributed by atoms with van der Waals surface area (Å²) in [6.07, 6.45) is 6.87. The lowest BCUT2D eigenvalue weighted by atomic mass is 10.1. The lowest BCUT2D eigenvalue weighted by Crippen LogP contribution is -2.22. The van der Waals surface area contributed by atoms with E-state index in [-0.39, 0.29) is 12.5 Å². The van der Waals surface area contributed by atoms with Crippen LogP contribution in [0, 0.1) is 0 Å². The SMILES string of the molecule is CCC/C=C\C[C@@H](N)CC(=O)O. The fraction of sp³-hybridized carbons (Fsp3) is 0.667. The van der Waals surface area contributed by atoms with E-state index in [9.17, 15) is 4.79 Å². The Labute approximate surface area is 73.3 Å². The highest BCUT2D eigenvalue weighted by Gasteiger charge is 2.04. The average molecular weight is 171 g/mol. The van der Waals surface area contributed by atoms with E-state index in [4.69, 9.17) is 10.8 Å². The third-order valence-electron chi connectivity index (χ3n) is 1.50. The maximum absolute atomic E-state index is 10.2. The summed E-state index contributed by atoms with van der Waals surface area (Å²) in [4.78, 5) is 10.2. The summed E-state index contributed by atoms with van der Waals surface area (Å²) in [7, 11) is 0. The molecule has 0 unspecified atom stereocenters.